The fourth-order valence-corrected chi connectivity index (χ4v) is 9.63. The number of hydrogen-bond donors (Lipinski definition) is 3. The molecule has 0 spiro atoms. The lowest BCUT2D eigenvalue weighted by Gasteiger charge is -2.50. The van der Waals surface area contributed by atoms with Crippen LogP contribution >= 0.6 is 0 Å². The van der Waals surface area contributed by atoms with Crippen molar-refractivity contribution in [3.63, 3.8) is 0 Å². The number of carboxylic acid groups (broad SMARTS) is 1. The van der Waals surface area contributed by atoms with Crippen molar-refractivity contribution in [3.8, 4) is 5.75 Å². The summed E-state index contributed by atoms with van der Waals surface area (Å²) >= 11 is 0. The van der Waals surface area contributed by atoms with Gasteiger partial charge in [0.25, 0.3) is 11.8 Å². The number of rotatable bonds is 6. The Labute approximate surface area is 310 Å². The number of imide groups is 2. The van der Waals surface area contributed by atoms with Crippen LogP contribution in [0.3, 0.4) is 0 Å². The van der Waals surface area contributed by atoms with E-state index >= 15 is 4.79 Å². The first-order chi connectivity index (χ1) is 26.1. The molecule has 5 aromatic carbocycles. The summed E-state index contributed by atoms with van der Waals surface area (Å²) in [5.41, 5.74) is 4.97. The van der Waals surface area contributed by atoms with E-state index in [1.807, 2.05) is 85.8 Å². The average Bonchev–Trinajstić information content (AvgIpc) is 3.57. The zero-order valence-corrected chi connectivity index (χ0v) is 29.2. The third-order valence-corrected chi connectivity index (χ3v) is 12.0. The number of hydrogen-bond acceptors (Lipinski definition) is 7. The first kappa shape index (κ1) is 33.3. The number of nitrogens with one attached hydrogen (secondary N) is 1. The Morgan fingerprint density at radius 1 is 0.796 bits per heavy atom. The van der Waals surface area contributed by atoms with E-state index in [1.54, 1.807) is 24.3 Å². The summed E-state index contributed by atoms with van der Waals surface area (Å²) in [5.74, 6) is -7.28. The summed E-state index contributed by atoms with van der Waals surface area (Å²) in [5, 5.41) is 24.3. The molecule has 4 aliphatic rings. The second-order valence-corrected chi connectivity index (χ2v) is 14.7. The number of hydrazine groups is 1. The third-order valence-electron chi connectivity index (χ3n) is 12.0. The number of phenolic OH excluding ortho intramolecular Hbond substituents is 1. The van der Waals surface area contributed by atoms with Crippen molar-refractivity contribution >= 4 is 51.7 Å². The maximum Gasteiger partial charge on any atom is 0.335 e. The van der Waals surface area contributed by atoms with Crippen molar-refractivity contribution in [2.75, 3.05) is 10.3 Å². The fraction of sp³-hybridized carbons (Fsp3) is 0.205. The first-order valence-corrected chi connectivity index (χ1v) is 18.0. The van der Waals surface area contributed by atoms with Crippen LogP contribution in [0.4, 0.5) is 11.4 Å². The first-order valence-electron chi connectivity index (χ1n) is 18.0. The van der Waals surface area contributed by atoms with E-state index in [4.69, 9.17) is 0 Å². The van der Waals surface area contributed by atoms with Crippen molar-refractivity contribution in [3.05, 3.63) is 149 Å². The van der Waals surface area contributed by atoms with Crippen molar-refractivity contribution in [2.45, 2.75) is 31.1 Å². The lowest BCUT2D eigenvalue weighted by molar-refractivity contribution is -0.138. The molecule has 4 amide bonds. The Kier molecular flexibility index (Phi) is 7.56. The van der Waals surface area contributed by atoms with Gasteiger partial charge in [-0.05, 0) is 67.0 Å². The van der Waals surface area contributed by atoms with Crippen molar-refractivity contribution in [2.24, 2.45) is 23.7 Å². The van der Waals surface area contributed by atoms with Crippen LogP contribution in [0.25, 0.3) is 10.8 Å². The molecule has 1 saturated carbocycles. The molecular formula is C44H35N3O7. The number of phenols is 1. The molecule has 10 heteroatoms. The molecule has 0 bridgehead atoms. The number of fused-ring (bicyclic) bond motifs is 5. The van der Waals surface area contributed by atoms with Crippen LogP contribution in [0.15, 0.2) is 127 Å². The van der Waals surface area contributed by atoms with E-state index < -0.39 is 64.6 Å². The van der Waals surface area contributed by atoms with E-state index in [2.05, 4.69) is 5.43 Å². The van der Waals surface area contributed by atoms with Crippen LogP contribution < -0.4 is 10.3 Å². The highest BCUT2D eigenvalue weighted by Crippen LogP contribution is 2.65. The number of benzene rings is 5. The number of allylic oxidation sites excluding steroid dienone is 2. The highest BCUT2D eigenvalue weighted by Gasteiger charge is 2.70. The summed E-state index contributed by atoms with van der Waals surface area (Å²) in [6.07, 6.45) is 2.21. The largest absolute Gasteiger partial charge is 0.507 e. The van der Waals surface area contributed by atoms with Crippen molar-refractivity contribution in [1.82, 2.24) is 5.01 Å². The van der Waals surface area contributed by atoms with Gasteiger partial charge in [-0.25, -0.2) is 4.79 Å². The maximum absolute atomic E-state index is 15.4. The molecule has 2 heterocycles. The highest BCUT2D eigenvalue weighted by molar-refractivity contribution is 6.23. The Morgan fingerprint density at radius 2 is 1.54 bits per heavy atom. The fourth-order valence-electron chi connectivity index (χ4n) is 9.63. The zero-order chi connectivity index (χ0) is 37.5. The molecule has 3 fully saturated rings. The molecule has 0 aromatic heterocycles. The number of aromatic carboxylic acids is 1. The van der Waals surface area contributed by atoms with Crippen molar-refractivity contribution < 1.29 is 34.2 Å². The summed E-state index contributed by atoms with van der Waals surface area (Å²) in [4.78, 5) is 71.9. The van der Waals surface area contributed by atoms with Crippen LogP contribution in [-0.4, -0.2) is 44.8 Å². The number of amides is 4. The molecule has 5 aromatic rings. The van der Waals surface area contributed by atoms with Gasteiger partial charge >= 0.3 is 5.97 Å². The molecule has 54 heavy (non-hydrogen) atoms. The average molecular weight is 718 g/mol. The number of nitrogens with zero attached hydrogens (tertiary/aromatic N) is 2. The molecule has 3 N–H and O–H groups in total. The molecule has 6 atom stereocenters. The molecule has 2 aliphatic carbocycles. The van der Waals surface area contributed by atoms with Crippen LogP contribution in [-0.2, 0) is 24.6 Å². The lowest BCUT2D eigenvalue weighted by Crippen LogP contribution is -2.53. The van der Waals surface area contributed by atoms with E-state index in [1.165, 1.54) is 18.2 Å². The summed E-state index contributed by atoms with van der Waals surface area (Å²) < 4.78 is 0. The summed E-state index contributed by atoms with van der Waals surface area (Å²) in [6, 6.07) is 33.3. The Hall–Kier alpha value is -6.55. The second kappa shape index (κ2) is 12.3. The van der Waals surface area contributed by atoms with Gasteiger partial charge in [-0.2, -0.15) is 5.01 Å². The minimum atomic E-state index is -1.54. The summed E-state index contributed by atoms with van der Waals surface area (Å²) in [6.45, 7) is 1.94. The number of anilines is 2. The van der Waals surface area contributed by atoms with Gasteiger partial charge in [0.1, 0.15) is 5.75 Å². The topological polar surface area (TPSA) is 144 Å². The number of carbonyl (C=O) groups excluding carboxylic acids is 4. The Morgan fingerprint density at radius 3 is 2.30 bits per heavy atom. The molecule has 10 nitrogen and oxygen atoms in total. The predicted molar refractivity (Wildman–Crippen MR) is 200 cm³/mol. The Bertz CT molecular complexity index is 2460. The van der Waals surface area contributed by atoms with Gasteiger partial charge < -0.3 is 10.2 Å². The number of aryl methyl sites for hydroxylation is 1. The molecule has 2 saturated heterocycles. The van der Waals surface area contributed by atoms with Gasteiger partial charge in [0.05, 0.1) is 40.1 Å². The molecule has 9 rings (SSSR count). The van der Waals surface area contributed by atoms with Crippen LogP contribution in [0.5, 0.6) is 5.75 Å². The monoisotopic (exact) mass is 717 g/mol. The standard InChI is InChI=1S/C44H35N3O7/c1-24-14-17-28(18-15-24)45-47-40(50)35-23-34-31(20-21-32-36(34)41(51)46(39(32)49)29-12-7-9-26(22-29)42(52)53)37(44(35,43(47)54)27-10-3-2-4-11-27)33-19-16-25-8-5-6-13-30(25)38(33)48/h2-20,22,32,34-37,45,48H,21,23H2,1H3,(H,52,53). The van der Waals surface area contributed by atoms with E-state index in [0.717, 1.165) is 20.9 Å². The normalized spacial score (nSPS) is 26.0. The molecule has 268 valence electrons. The van der Waals surface area contributed by atoms with Crippen LogP contribution in [0.1, 0.15) is 45.8 Å². The van der Waals surface area contributed by atoms with Crippen LogP contribution in [0.2, 0.25) is 0 Å². The summed E-state index contributed by atoms with van der Waals surface area (Å²) in [7, 11) is 0. The lowest BCUT2D eigenvalue weighted by atomic mass is 9.49. The number of carbonyl (C=O) groups is 5. The third kappa shape index (κ3) is 4.68. The minimum Gasteiger partial charge on any atom is -0.507 e. The zero-order valence-electron chi connectivity index (χ0n) is 29.2. The number of aromatic hydroxyl groups is 1. The smallest absolute Gasteiger partial charge is 0.335 e. The van der Waals surface area contributed by atoms with Gasteiger partial charge in [-0.15, -0.1) is 0 Å². The van der Waals surface area contributed by atoms with Gasteiger partial charge in [0.15, 0.2) is 0 Å². The molecular weight excluding hydrogens is 682 g/mol. The minimum absolute atomic E-state index is 0.0260. The molecule has 6 unspecified atom stereocenters. The van der Waals surface area contributed by atoms with Crippen molar-refractivity contribution in [1.29, 1.82) is 0 Å². The second-order valence-electron chi connectivity index (χ2n) is 14.7. The van der Waals surface area contributed by atoms with Gasteiger partial charge in [0.2, 0.25) is 11.8 Å². The molecule has 2 aliphatic heterocycles. The van der Waals surface area contributed by atoms with E-state index in [9.17, 15) is 29.4 Å². The predicted octanol–water partition coefficient (Wildman–Crippen LogP) is 6.74. The molecule has 0 radical (unpaired) electrons. The van der Waals surface area contributed by atoms with Crippen LogP contribution in [0, 0.1) is 30.6 Å². The Balaban J connectivity index is 1.25. The van der Waals surface area contributed by atoms with Gasteiger partial charge in [-0.3, -0.25) is 29.5 Å². The quantitative estimate of drug-likeness (QED) is 0.129. The number of carboxylic acids is 1. The highest BCUT2D eigenvalue weighted by atomic mass is 16.4. The maximum atomic E-state index is 15.4. The van der Waals surface area contributed by atoms with Gasteiger partial charge in [0, 0.05) is 16.9 Å². The van der Waals surface area contributed by atoms with E-state index in [0.29, 0.717) is 27.8 Å². The van der Waals surface area contributed by atoms with Gasteiger partial charge in [-0.1, -0.05) is 102 Å². The SMILES string of the molecule is Cc1ccc(NN2C(=O)C3CC4C(=CCC5C(=O)N(c6cccc(C(=O)O)c6)C(=O)C54)C(c4ccc5ccccc5c4O)C3(c3ccccc3)C2=O)cc1. The van der Waals surface area contributed by atoms with E-state index in [-0.39, 0.29) is 29.8 Å².